The first-order chi connectivity index (χ1) is 17.7. The third kappa shape index (κ3) is 6.13. The molecule has 37 heavy (non-hydrogen) atoms. The number of aryl methyl sites for hydroxylation is 1. The number of H-pyrrole nitrogens is 1. The summed E-state index contributed by atoms with van der Waals surface area (Å²) in [5.74, 6) is 0.159. The molecule has 2 heterocycles. The molecule has 1 saturated heterocycles. The molecule has 0 bridgehead atoms. The van der Waals surface area contributed by atoms with Crippen LogP contribution in [0.1, 0.15) is 41.8 Å². The Bertz CT molecular complexity index is 1420. The van der Waals surface area contributed by atoms with Crippen molar-refractivity contribution >= 4 is 26.8 Å². The number of amides is 1. The maximum Gasteiger partial charge on any atom is 0.257 e. The fourth-order valence-corrected chi connectivity index (χ4v) is 5.37. The maximum atomic E-state index is 13.4. The van der Waals surface area contributed by atoms with Gasteiger partial charge in [0.2, 0.25) is 10.0 Å². The largest absolute Gasteiger partial charge is 0.490 e. The van der Waals surface area contributed by atoms with Gasteiger partial charge in [0.1, 0.15) is 5.75 Å². The number of fused-ring (bicyclic) bond motifs is 1. The average molecular weight is 524 g/mol. The number of rotatable bonds is 9. The van der Waals surface area contributed by atoms with Crippen LogP contribution in [-0.4, -0.2) is 75.0 Å². The van der Waals surface area contributed by atoms with Gasteiger partial charge in [0.15, 0.2) is 0 Å². The third-order valence-corrected chi connectivity index (χ3v) is 8.01. The molecule has 1 aliphatic heterocycles. The second kappa shape index (κ2) is 11.3. The predicted molar refractivity (Wildman–Crippen MR) is 142 cm³/mol. The van der Waals surface area contributed by atoms with Crippen molar-refractivity contribution < 1.29 is 17.9 Å². The van der Waals surface area contributed by atoms with Gasteiger partial charge in [-0.1, -0.05) is 0 Å². The molecule has 9 nitrogen and oxygen atoms in total. The fraction of sp³-hybridized carbons (Fsp3) is 0.407. The van der Waals surface area contributed by atoms with Crippen molar-refractivity contribution in [3.05, 3.63) is 59.3 Å². The van der Waals surface area contributed by atoms with Crippen molar-refractivity contribution in [2.45, 2.75) is 37.7 Å². The van der Waals surface area contributed by atoms with E-state index in [4.69, 9.17) is 4.74 Å². The minimum atomic E-state index is -3.69. The number of benzene rings is 2. The van der Waals surface area contributed by atoms with Crippen molar-refractivity contribution in [1.82, 2.24) is 19.5 Å². The topological polar surface area (TPSA) is 119 Å². The van der Waals surface area contributed by atoms with Crippen LogP contribution in [0.4, 0.5) is 0 Å². The monoisotopic (exact) mass is 523 g/mol. The van der Waals surface area contributed by atoms with Crippen LogP contribution >= 0.6 is 0 Å². The molecule has 0 atom stereocenters. The van der Waals surface area contributed by atoms with Gasteiger partial charge in [-0.15, -0.1) is 0 Å². The Morgan fingerprint density at radius 2 is 1.92 bits per heavy atom. The summed E-state index contributed by atoms with van der Waals surface area (Å²) in [6.07, 6.45) is 3.73. The lowest BCUT2D eigenvalue weighted by atomic mass is 10.1. The molecule has 1 amide bonds. The van der Waals surface area contributed by atoms with E-state index < -0.39 is 10.0 Å². The van der Waals surface area contributed by atoms with Gasteiger partial charge in [-0.3, -0.25) is 9.69 Å². The average Bonchev–Trinajstić information content (AvgIpc) is 3.30. The molecule has 3 aromatic rings. The van der Waals surface area contributed by atoms with Crippen LogP contribution in [0, 0.1) is 11.3 Å². The number of nitriles is 1. The molecule has 0 spiro atoms. The first kappa shape index (κ1) is 26.7. The van der Waals surface area contributed by atoms with Crippen LogP contribution in [0.2, 0.25) is 0 Å². The summed E-state index contributed by atoms with van der Waals surface area (Å²) in [5, 5.41) is 10.3. The molecule has 1 aromatic heterocycles. The Labute approximate surface area is 218 Å². The van der Waals surface area contributed by atoms with Crippen molar-refractivity contribution in [3.63, 3.8) is 0 Å². The summed E-state index contributed by atoms with van der Waals surface area (Å²) in [5.41, 5.74) is 3.16. The van der Waals surface area contributed by atoms with Crippen LogP contribution < -0.4 is 9.46 Å². The summed E-state index contributed by atoms with van der Waals surface area (Å²) in [6, 6.07) is 12.3. The molecule has 0 unspecified atom stereocenters. The van der Waals surface area contributed by atoms with E-state index in [-0.39, 0.29) is 22.5 Å². The smallest absolute Gasteiger partial charge is 0.257 e. The number of piperazine rings is 1. The van der Waals surface area contributed by atoms with Crippen molar-refractivity contribution in [2.75, 3.05) is 39.8 Å². The molecule has 2 N–H and O–H groups in total. The molecule has 4 rings (SSSR count). The van der Waals surface area contributed by atoms with Gasteiger partial charge in [-0.25, -0.2) is 13.1 Å². The summed E-state index contributed by atoms with van der Waals surface area (Å²) >= 11 is 0. The lowest BCUT2D eigenvalue weighted by molar-refractivity contribution is 0.0630. The van der Waals surface area contributed by atoms with E-state index in [1.807, 2.05) is 38.2 Å². The van der Waals surface area contributed by atoms with Gasteiger partial charge in [0.05, 0.1) is 28.2 Å². The Kier molecular flexibility index (Phi) is 8.17. The number of hydrogen-bond acceptors (Lipinski definition) is 6. The zero-order valence-corrected chi connectivity index (χ0v) is 22.3. The first-order valence-corrected chi connectivity index (χ1v) is 14.0. The summed E-state index contributed by atoms with van der Waals surface area (Å²) in [4.78, 5) is 20.8. The second-order valence-electron chi connectivity index (χ2n) is 9.46. The van der Waals surface area contributed by atoms with Gasteiger partial charge >= 0.3 is 0 Å². The fourth-order valence-electron chi connectivity index (χ4n) is 4.61. The zero-order chi connectivity index (χ0) is 26.6. The molecule has 10 heteroatoms. The molecule has 0 saturated carbocycles. The minimum absolute atomic E-state index is 0.0345. The Balaban J connectivity index is 1.37. The number of nitrogens with one attached hydrogen (secondary N) is 2. The van der Waals surface area contributed by atoms with E-state index in [1.165, 1.54) is 24.7 Å². The van der Waals surface area contributed by atoms with Crippen molar-refractivity contribution in [1.29, 1.82) is 5.26 Å². The zero-order valence-electron chi connectivity index (χ0n) is 21.5. The number of carbonyl (C=O) groups excluding carboxylic acids is 1. The van der Waals surface area contributed by atoms with Gasteiger partial charge in [-0.2, -0.15) is 5.26 Å². The molecule has 196 valence electrons. The number of nitrogens with zero attached hydrogens (tertiary/aromatic N) is 3. The number of aromatic amines is 1. The number of ether oxygens (including phenoxy) is 1. The number of sulfonamides is 1. The summed E-state index contributed by atoms with van der Waals surface area (Å²) in [6.45, 7) is 7.24. The van der Waals surface area contributed by atoms with Gasteiger partial charge in [-0.05, 0) is 82.2 Å². The first-order valence-electron chi connectivity index (χ1n) is 12.5. The highest BCUT2D eigenvalue weighted by atomic mass is 32.2. The SMILES string of the molecule is CNS(=O)(=O)c1ccc(OC(C)C)c(C(=O)N2CCN(CCCc3c[nH]c4ccc(C#N)cc34)CC2)c1. The van der Waals surface area contributed by atoms with Crippen LogP contribution in [0.15, 0.2) is 47.5 Å². The standard InChI is InChI=1S/C27H33N5O4S/c1-19(2)36-26-9-7-22(37(34,35)29-3)16-24(26)27(33)32-13-11-31(12-14-32)10-4-5-21-18-30-25-8-6-20(17-28)15-23(21)25/h6-9,15-16,18-19,29-30H,4-5,10-14H2,1-3H3. The van der Waals surface area contributed by atoms with Gasteiger partial charge in [0.25, 0.3) is 5.91 Å². The number of aromatic nitrogens is 1. The van der Waals surface area contributed by atoms with Crippen LogP contribution in [0.5, 0.6) is 5.75 Å². The van der Waals surface area contributed by atoms with Gasteiger partial charge < -0.3 is 14.6 Å². The van der Waals surface area contributed by atoms with Crippen LogP contribution in [0.25, 0.3) is 10.9 Å². The Morgan fingerprint density at radius 1 is 1.16 bits per heavy atom. The van der Waals surface area contributed by atoms with Crippen LogP contribution in [0.3, 0.4) is 0 Å². The van der Waals surface area contributed by atoms with E-state index in [9.17, 15) is 18.5 Å². The lowest BCUT2D eigenvalue weighted by Gasteiger charge is -2.35. The maximum absolute atomic E-state index is 13.4. The highest BCUT2D eigenvalue weighted by Gasteiger charge is 2.26. The summed E-state index contributed by atoms with van der Waals surface area (Å²) < 4.78 is 32.8. The Hall–Kier alpha value is -3.39. The third-order valence-electron chi connectivity index (χ3n) is 6.60. The summed E-state index contributed by atoms with van der Waals surface area (Å²) in [7, 11) is -2.34. The van der Waals surface area contributed by atoms with E-state index in [2.05, 4.69) is 20.7 Å². The van der Waals surface area contributed by atoms with Crippen molar-refractivity contribution in [3.8, 4) is 11.8 Å². The normalized spacial score (nSPS) is 14.7. The van der Waals surface area contributed by atoms with Crippen molar-refractivity contribution in [2.24, 2.45) is 0 Å². The highest BCUT2D eigenvalue weighted by Crippen LogP contribution is 2.26. The number of carbonyl (C=O) groups is 1. The molecule has 0 aliphatic carbocycles. The molecular weight excluding hydrogens is 490 g/mol. The molecule has 1 aliphatic rings. The molecule has 0 radical (unpaired) electrons. The predicted octanol–water partition coefficient (Wildman–Crippen LogP) is 3.13. The van der Waals surface area contributed by atoms with E-state index in [0.717, 1.165) is 43.4 Å². The molecular formula is C27H33N5O4S. The van der Waals surface area contributed by atoms with E-state index >= 15 is 0 Å². The second-order valence-corrected chi connectivity index (χ2v) is 11.3. The van der Waals surface area contributed by atoms with E-state index in [1.54, 1.807) is 11.0 Å². The lowest BCUT2D eigenvalue weighted by Crippen LogP contribution is -2.49. The van der Waals surface area contributed by atoms with Gasteiger partial charge in [0, 0.05) is 43.3 Å². The van der Waals surface area contributed by atoms with Crippen LogP contribution in [-0.2, 0) is 16.4 Å². The minimum Gasteiger partial charge on any atom is -0.490 e. The molecule has 1 fully saturated rings. The number of hydrogen-bond donors (Lipinski definition) is 2. The molecule has 2 aromatic carbocycles. The highest BCUT2D eigenvalue weighted by molar-refractivity contribution is 7.89. The Morgan fingerprint density at radius 3 is 2.59 bits per heavy atom. The quantitative estimate of drug-likeness (QED) is 0.445. The van der Waals surface area contributed by atoms with E-state index in [0.29, 0.717) is 24.4 Å².